The first-order chi connectivity index (χ1) is 13.9. The first-order valence-corrected chi connectivity index (χ1v) is 11.0. The van der Waals surface area contributed by atoms with Crippen molar-refractivity contribution in [2.45, 2.75) is 64.9 Å². The van der Waals surface area contributed by atoms with E-state index < -0.39 is 0 Å². The summed E-state index contributed by atoms with van der Waals surface area (Å²) in [6.45, 7) is 5.98. The van der Waals surface area contributed by atoms with E-state index in [-0.39, 0.29) is 0 Å². The average molecular weight is 384 g/mol. The normalized spacial score (nSPS) is 10.8. The van der Waals surface area contributed by atoms with Crippen LogP contribution in [0.15, 0.2) is 54.6 Å². The highest BCUT2D eigenvalue weighted by Gasteiger charge is 1.98. The van der Waals surface area contributed by atoms with Gasteiger partial charge in [-0.3, -0.25) is 0 Å². The fourth-order valence-corrected chi connectivity index (χ4v) is 3.07. The third-order valence-electron chi connectivity index (χ3n) is 4.80. The molecule has 0 radical (unpaired) electrons. The number of benzene rings is 2. The van der Waals surface area contributed by atoms with Gasteiger partial charge in [-0.15, -0.1) is 0 Å². The fourth-order valence-electron chi connectivity index (χ4n) is 3.07. The number of ether oxygens (including phenoxy) is 2. The van der Waals surface area contributed by atoms with Crippen LogP contribution in [0, 0.1) is 0 Å². The molecule has 0 heterocycles. The van der Waals surface area contributed by atoms with Crippen LogP contribution in [0.3, 0.4) is 0 Å². The summed E-state index contributed by atoms with van der Waals surface area (Å²) in [5, 5.41) is 3.53. The van der Waals surface area contributed by atoms with E-state index in [2.05, 4.69) is 24.4 Å². The van der Waals surface area contributed by atoms with E-state index in [9.17, 15) is 0 Å². The van der Waals surface area contributed by atoms with Gasteiger partial charge in [0.2, 0.25) is 0 Å². The Balaban J connectivity index is 1.45. The molecule has 0 aromatic heterocycles. The van der Waals surface area contributed by atoms with E-state index in [1.165, 1.54) is 63.6 Å². The Bertz CT molecular complexity index is 598. The largest absolute Gasteiger partial charge is 0.494 e. The summed E-state index contributed by atoms with van der Waals surface area (Å²) < 4.78 is 11.6. The lowest BCUT2D eigenvalue weighted by molar-refractivity contribution is 0.296. The zero-order valence-electron chi connectivity index (χ0n) is 17.5. The minimum atomic E-state index is 0.593. The van der Waals surface area contributed by atoms with Crippen LogP contribution in [0.25, 0.3) is 0 Å². The third kappa shape index (κ3) is 10.4. The quantitative estimate of drug-likeness (QED) is 0.341. The van der Waals surface area contributed by atoms with Gasteiger partial charge in [0.05, 0.1) is 6.61 Å². The standard InChI is InChI=1S/C25H37NO2/c1-2-3-10-19-26-20-11-5-4-6-12-21-27-24-15-17-25(18-16-24)28-22-23-13-8-7-9-14-23/h7-9,13-18,26H,2-6,10-12,19-22H2,1H3. The highest BCUT2D eigenvalue weighted by atomic mass is 16.5. The van der Waals surface area contributed by atoms with Crippen molar-refractivity contribution in [2.24, 2.45) is 0 Å². The molecule has 0 aliphatic heterocycles. The van der Waals surface area contributed by atoms with Crippen LogP contribution < -0.4 is 14.8 Å². The zero-order chi connectivity index (χ0) is 19.7. The van der Waals surface area contributed by atoms with E-state index in [4.69, 9.17) is 9.47 Å². The van der Waals surface area contributed by atoms with Crippen LogP contribution in [0.4, 0.5) is 0 Å². The van der Waals surface area contributed by atoms with Crippen LogP contribution in [-0.4, -0.2) is 19.7 Å². The van der Waals surface area contributed by atoms with Crippen LogP contribution in [0.1, 0.15) is 63.9 Å². The van der Waals surface area contributed by atoms with Crippen molar-refractivity contribution < 1.29 is 9.47 Å². The van der Waals surface area contributed by atoms with Gasteiger partial charge >= 0.3 is 0 Å². The molecule has 28 heavy (non-hydrogen) atoms. The molecule has 3 heteroatoms. The van der Waals surface area contributed by atoms with Crippen molar-refractivity contribution in [3.63, 3.8) is 0 Å². The van der Waals surface area contributed by atoms with Gasteiger partial charge in [0, 0.05) is 0 Å². The summed E-state index contributed by atoms with van der Waals surface area (Å²) in [6, 6.07) is 18.2. The number of unbranched alkanes of at least 4 members (excludes halogenated alkanes) is 6. The summed E-state index contributed by atoms with van der Waals surface area (Å²) in [6.07, 6.45) is 10.2. The lowest BCUT2D eigenvalue weighted by Gasteiger charge is -2.09. The molecule has 154 valence electrons. The van der Waals surface area contributed by atoms with Gasteiger partial charge in [0.1, 0.15) is 18.1 Å². The van der Waals surface area contributed by atoms with Crippen molar-refractivity contribution in [1.29, 1.82) is 0 Å². The smallest absolute Gasteiger partial charge is 0.120 e. The van der Waals surface area contributed by atoms with Gasteiger partial charge in [-0.25, -0.2) is 0 Å². The lowest BCUT2D eigenvalue weighted by Crippen LogP contribution is -2.16. The predicted molar refractivity (Wildman–Crippen MR) is 118 cm³/mol. The maximum absolute atomic E-state index is 5.84. The van der Waals surface area contributed by atoms with E-state index in [0.717, 1.165) is 24.5 Å². The Morgan fingerprint density at radius 3 is 1.96 bits per heavy atom. The molecule has 1 N–H and O–H groups in total. The van der Waals surface area contributed by atoms with Crippen LogP contribution in [-0.2, 0) is 6.61 Å². The average Bonchev–Trinajstić information content (AvgIpc) is 2.74. The molecule has 2 aromatic rings. The molecule has 0 bridgehead atoms. The monoisotopic (exact) mass is 383 g/mol. The van der Waals surface area contributed by atoms with E-state index in [1.807, 2.05) is 42.5 Å². The second-order valence-electron chi connectivity index (χ2n) is 7.32. The topological polar surface area (TPSA) is 30.5 Å². The molecule has 0 saturated heterocycles. The van der Waals surface area contributed by atoms with Crippen LogP contribution >= 0.6 is 0 Å². The van der Waals surface area contributed by atoms with Gasteiger partial charge in [0.25, 0.3) is 0 Å². The van der Waals surface area contributed by atoms with Crippen molar-refractivity contribution in [2.75, 3.05) is 19.7 Å². The molecule has 0 saturated carbocycles. The zero-order valence-corrected chi connectivity index (χ0v) is 17.5. The molecule has 0 aliphatic carbocycles. The minimum Gasteiger partial charge on any atom is -0.494 e. The maximum Gasteiger partial charge on any atom is 0.120 e. The maximum atomic E-state index is 5.84. The van der Waals surface area contributed by atoms with E-state index in [1.54, 1.807) is 0 Å². The molecule has 0 atom stereocenters. The lowest BCUT2D eigenvalue weighted by atomic mass is 10.1. The molecule has 3 nitrogen and oxygen atoms in total. The number of rotatable bonds is 16. The van der Waals surface area contributed by atoms with E-state index in [0.29, 0.717) is 6.61 Å². The second kappa shape index (κ2) is 15.0. The van der Waals surface area contributed by atoms with Gasteiger partial charge < -0.3 is 14.8 Å². The summed E-state index contributed by atoms with van der Waals surface area (Å²) >= 11 is 0. The first kappa shape index (κ1) is 22.3. The molecule has 0 aliphatic rings. The predicted octanol–water partition coefficient (Wildman–Crippen LogP) is 6.37. The SMILES string of the molecule is CCCCCNCCCCCCCOc1ccc(OCc2ccccc2)cc1. The number of hydrogen-bond donors (Lipinski definition) is 1. The molecule has 0 amide bonds. The second-order valence-corrected chi connectivity index (χ2v) is 7.32. The number of nitrogens with one attached hydrogen (secondary N) is 1. The minimum absolute atomic E-state index is 0.593. The molecule has 0 unspecified atom stereocenters. The highest BCUT2D eigenvalue weighted by Crippen LogP contribution is 2.19. The molecule has 0 fully saturated rings. The summed E-state index contributed by atoms with van der Waals surface area (Å²) in [5.41, 5.74) is 1.18. The Hall–Kier alpha value is -2.00. The first-order valence-electron chi connectivity index (χ1n) is 11.0. The summed E-state index contributed by atoms with van der Waals surface area (Å²) in [7, 11) is 0. The van der Waals surface area contributed by atoms with Gasteiger partial charge in [0.15, 0.2) is 0 Å². The Labute approximate surface area is 171 Å². The number of hydrogen-bond acceptors (Lipinski definition) is 3. The Kier molecular flexibility index (Phi) is 11.9. The molecule has 2 aromatic carbocycles. The summed E-state index contributed by atoms with van der Waals surface area (Å²) in [4.78, 5) is 0. The molecule has 0 spiro atoms. The highest BCUT2D eigenvalue weighted by molar-refractivity contribution is 5.31. The van der Waals surface area contributed by atoms with Crippen molar-refractivity contribution in [3.8, 4) is 11.5 Å². The fraction of sp³-hybridized carbons (Fsp3) is 0.520. The van der Waals surface area contributed by atoms with Crippen LogP contribution in [0.2, 0.25) is 0 Å². The van der Waals surface area contributed by atoms with Crippen molar-refractivity contribution in [3.05, 3.63) is 60.2 Å². The van der Waals surface area contributed by atoms with E-state index >= 15 is 0 Å². The Morgan fingerprint density at radius 1 is 0.643 bits per heavy atom. The molecular formula is C25H37NO2. The Morgan fingerprint density at radius 2 is 1.25 bits per heavy atom. The molecular weight excluding hydrogens is 346 g/mol. The van der Waals surface area contributed by atoms with Crippen molar-refractivity contribution in [1.82, 2.24) is 5.32 Å². The van der Waals surface area contributed by atoms with Crippen LogP contribution in [0.5, 0.6) is 11.5 Å². The van der Waals surface area contributed by atoms with Crippen molar-refractivity contribution >= 4 is 0 Å². The van der Waals surface area contributed by atoms with Gasteiger partial charge in [-0.2, -0.15) is 0 Å². The summed E-state index contributed by atoms with van der Waals surface area (Å²) in [5.74, 6) is 1.79. The molecule has 2 rings (SSSR count). The van der Waals surface area contributed by atoms with Gasteiger partial charge in [-0.1, -0.05) is 69.4 Å². The third-order valence-corrected chi connectivity index (χ3v) is 4.80. The van der Waals surface area contributed by atoms with Gasteiger partial charge in [-0.05, 0) is 62.2 Å².